The van der Waals surface area contributed by atoms with Crippen molar-refractivity contribution in [2.24, 2.45) is 5.92 Å². The van der Waals surface area contributed by atoms with Crippen molar-refractivity contribution in [2.75, 3.05) is 19.5 Å². The van der Waals surface area contributed by atoms with Gasteiger partial charge in [-0.2, -0.15) is 10.2 Å². The molecule has 0 aliphatic rings. The fourth-order valence-corrected chi connectivity index (χ4v) is 5.10. The molecule has 0 spiro atoms. The highest BCUT2D eigenvalue weighted by Crippen LogP contribution is 2.31. The minimum Gasteiger partial charge on any atom is -0.453 e. The summed E-state index contributed by atoms with van der Waals surface area (Å²) in [5, 5.41) is 21.0. The van der Waals surface area contributed by atoms with E-state index >= 15 is 0 Å². The van der Waals surface area contributed by atoms with Crippen LogP contribution >= 0.6 is 23.2 Å². The van der Waals surface area contributed by atoms with Gasteiger partial charge in [-0.05, 0) is 55.7 Å². The van der Waals surface area contributed by atoms with Crippen molar-refractivity contribution in [1.29, 1.82) is 0 Å². The molecule has 0 saturated carbocycles. The molecule has 11 nitrogen and oxygen atoms in total. The number of amides is 3. The number of anilines is 1. The Labute approximate surface area is 269 Å². The van der Waals surface area contributed by atoms with E-state index in [9.17, 15) is 18.8 Å². The maximum absolute atomic E-state index is 14.7. The second-order valence-corrected chi connectivity index (χ2v) is 11.0. The van der Waals surface area contributed by atoms with Crippen LogP contribution in [0, 0.1) is 18.7 Å². The van der Waals surface area contributed by atoms with Gasteiger partial charge in [0.1, 0.15) is 5.69 Å². The third kappa shape index (κ3) is 7.95. The van der Waals surface area contributed by atoms with Crippen molar-refractivity contribution < 1.29 is 23.5 Å². The third-order valence-electron chi connectivity index (χ3n) is 7.30. The van der Waals surface area contributed by atoms with Crippen molar-refractivity contribution >= 4 is 46.8 Å². The van der Waals surface area contributed by atoms with Crippen LogP contribution in [0.25, 0.3) is 16.8 Å². The number of ether oxygens (including phenoxy) is 1. The van der Waals surface area contributed by atoms with Gasteiger partial charge in [-0.3, -0.25) is 14.9 Å². The van der Waals surface area contributed by atoms with Crippen LogP contribution in [0.15, 0.2) is 54.7 Å². The lowest BCUT2D eigenvalue weighted by Gasteiger charge is -2.20. The average Bonchev–Trinajstić information content (AvgIpc) is 3.42. The number of benzene rings is 2. The minimum absolute atomic E-state index is 0.0640. The van der Waals surface area contributed by atoms with Gasteiger partial charge >= 0.3 is 6.09 Å². The summed E-state index contributed by atoms with van der Waals surface area (Å²) in [5.41, 5.74) is 2.97. The molecule has 0 bridgehead atoms. The van der Waals surface area contributed by atoms with E-state index in [1.807, 2.05) is 6.92 Å². The number of nitrogens with zero attached hydrogens (tertiary/aromatic N) is 4. The summed E-state index contributed by atoms with van der Waals surface area (Å²) >= 11 is 12.4. The highest BCUT2D eigenvalue weighted by Gasteiger charge is 2.24. The monoisotopic (exact) mass is 655 g/mol. The zero-order valence-electron chi connectivity index (χ0n) is 25.0. The summed E-state index contributed by atoms with van der Waals surface area (Å²) < 4.78 is 20.7. The molecule has 4 rings (SSSR count). The predicted octanol–water partition coefficient (Wildman–Crippen LogP) is 6.29. The van der Waals surface area contributed by atoms with Crippen molar-refractivity contribution in [3.63, 3.8) is 0 Å². The molecule has 0 unspecified atom stereocenters. The van der Waals surface area contributed by atoms with Crippen LogP contribution in [-0.2, 0) is 9.53 Å². The summed E-state index contributed by atoms with van der Waals surface area (Å²) in [7, 11) is 2.86. The molecular weight excluding hydrogens is 624 g/mol. The Morgan fingerprint density at radius 3 is 2.49 bits per heavy atom. The summed E-state index contributed by atoms with van der Waals surface area (Å²) in [4.78, 5) is 37.2. The molecule has 3 N–H and O–H groups in total. The molecule has 4 aromatic rings. The Morgan fingerprint density at radius 1 is 1.07 bits per heavy atom. The molecule has 45 heavy (non-hydrogen) atoms. The van der Waals surface area contributed by atoms with Gasteiger partial charge in [-0.15, -0.1) is 5.10 Å². The smallest absolute Gasteiger partial charge is 0.411 e. The van der Waals surface area contributed by atoms with E-state index in [0.717, 1.165) is 0 Å². The number of hydrogen-bond donors (Lipinski definition) is 3. The second kappa shape index (κ2) is 15.0. The molecule has 2 aromatic heterocycles. The van der Waals surface area contributed by atoms with Crippen LogP contribution in [0.2, 0.25) is 10.2 Å². The number of halogens is 3. The van der Waals surface area contributed by atoms with Gasteiger partial charge in [0.05, 0.1) is 41.3 Å². The molecule has 2 heterocycles. The molecule has 0 aliphatic heterocycles. The van der Waals surface area contributed by atoms with Gasteiger partial charge in [0, 0.05) is 24.2 Å². The maximum Gasteiger partial charge on any atom is 0.411 e. The molecule has 0 fully saturated rings. The van der Waals surface area contributed by atoms with Crippen molar-refractivity contribution in [1.82, 2.24) is 30.6 Å². The van der Waals surface area contributed by atoms with Crippen LogP contribution in [0.3, 0.4) is 0 Å². The van der Waals surface area contributed by atoms with E-state index in [0.29, 0.717) is 47.5 Å². The molecule has 0 aliphatic carbocycles. The average molecular weight is 657 g/mol. The van der Waals surface area contributed by atoms with E-state index in [4.69, 9.17) is 23.2 Å². The lowest BCUT2D eigenvalue weighted by molar-refractivity contribution is -0.124. The van der Waals surface area contributed by atoms with E-state index in [1.54, 1.807) is 50.4 Å². The molecule has 3 amide bonds. The van der Waals surface area contributed by atoms with Gasteiger partial charge in [0.15, 0.2) is 11.0 Å². The maximum atomic E-state index is 14.7. The van der Waals surface area contributed by atoms with Gasteiger partial charge in [-0.25, -0.2) is 13.9 Å². The number of hydrogen-bond acceptors (Lipinski definition) is 7. The minimum atomic E-state index is -0.654. The van der Waals surface area contributed by atoms with Gasteiger partial charge in [0.2, 0.25) is 5.91 Å². The van der Waals surface area contributed by atoms with Gasteiger partial charge in [0.25, 0.3) is 5.91 Å². The van der Waals surface area contributed by atoms with Gasteiger partial charge in [-0.1, -0.05) is 54.7 Å². The van der Waals surface area contributed by atoms with Crippen molar-refractivity contribution in [3.8, 4) is 16.8 Å². The largest absolute Gasteiger partial charge is 0.453 e. The first-order valence-corrected chi connectivity index (χ1v) is 14.8. The zero-order chi connectivity index (χ0) is 32.7. The van der Waals surface area contributed by atoms with E-state index in [2.05, 4.69) is 36.0 Å². The third-order valence-corrected chi connectivity index (χ3v) is 7.87. The summed E-state index contributed by atoms with van der Waals surface area (Å²) in [6.45, 7) is 3.49. The Kier molecular flexibility index (Phi) is 11.1. The predicted molar refractivity (Wildman–Crippen MR) is 169 cm³/mol. The zero-order valence-corrected chi connectivity index (χ0v) is 26.5. The lowest BCUT2D eigenvalue weighted by atomic mass is 9.97. The molecular formula is C31H32Cl2FN7O4. The second-order valence-electron chi connectivity index (χ2n) is 10.3. The molecule has 14 heteroatoms. The fraction of sp³-hybridized carbons (Fsp3) is 0.290. The number of rotatable bonds is 11. The molecule has 0 radical (unpaired) electrons. The Bertz CT molecular complexity index is 1700. The first kappa shape index (κ1) is 33.3. The van der Waals surface area contributed by atoms with Crippen LogP contribution in [0.4, 0.5) is 14.9 Å². The van der Waals surface area contributed by atoms with Crippen LogP contribution in [0.5, 0.6) is 0 Å². The fourth-order valence-electron chi connectivity index (χ4n) is 4.73. The Morgan fingerprint density at radius 2 is 1.80 bits per heavy atom. The van der Waals surface area contributed by atoms with Gasteiger partial charge < -0.3 is 15.4 Å². The Balaban J connectivity index is 1.63. The van der Waals surface area contributed by atoms with Crippen LogP contribution in [-0.4, -0.2) is 52.0 Å². The summed E-state index contributed by atoms with van der Waals surface area (Å²) in [6, 6.07) is 12.5. The quantitative estimate of drug-likeness (QED) is 0.173. The SMILES string of the molecule is CNC(=O)[C@H](C)CCC[C@H](NC(=O)c1cnn(-c2cccc(Cl)c2F)c1C)c1cc(-c2ccc(NC(=O)OC)cc2)c(Cl)nn1. The molecule has 2 atom stereocenters. The first-order chi connectivity index (χ1) is 21.5. The van der Waals surface area contributed by atoms with Crippen LogP contribution in [0.1, 0.15) is 54.0 Å². The Hall–Kier alpha value is -4.55. The van der Waals surface area contributed by atoms with E-state index in [1.165, 1.54) is 30.1 Å². The summed E-state index contributed by atoms with van der Waals surface area (Å²) in [6.07, 6.45) is 2.34. The number of carbonyl (C=O) groups excluding carboxylic acids is 3. The molecule has 0 saturated heterocycles. The number of aromatic nitrogens is 4. The molecule has 2 aromatic carbocycles. The highest BCUT2D eigenvalue weighted by molar-refractivity contribution is 6.32. The molecule has 236 valence electrons. The number of nitrogens with one attached hydrogen (secondary N) is 3. The van der Waals surface area contributed by atoms with E-state index < -0.39 is 23.9 Å². The number of methoxy groups -OCH3 is 1. The standard InChI is InChI=1S/C31H32Cl2FN7O4/c1-17(29(42)35-3)7-5-9-24(38-30(43)22-16-36-41(18(22)2)26-10-6-8-23(32)27(26)34)25-15-21(28(33)40-39-25)19-11-13-20(14-12-19)37-31(44)45-4/h6,8,10-17,24H,5,7,9H2,1-4H3,(H,35,42)(H,37,44)(H,38,43)/t17-,24+/m1/s1. The number of carbonyl (C=O) groups is 3. The van der Waals surface area contributed by atoms with E-state index in [-0.39, 0.29) is 33.3 Å². The van der Waals surface area contributed by atoms with Crippen molar-refractivity contribution in [3.05, 3.63) is 87.7 Å². The first-order valence-electron chi connectivity index (χ1n) is 14.0. The highest BCUT2D eigenvalue weighted by atomic mass is 35.5. The van der Waals surface area contributed by atoms with Crippen LogP contribution < -0.4 is 16.0 Å². The summed E-state index contributed by atoms with van der Waals surface area (Å²) in [5.74, 6) is -1.42. The van der Waals surface area contributed by atoms with Crippen molar-refractivity contribution in [2.45, 2.75) is 39.2 Å². The lowest BCUT2D eigenvalue weighted by Crippen LogP contribution is -2.30. The topological polar surface area (TPSA) is 140 Å². The normalized spacial score (nSPS) is 12.2.